The number of rotatable bonds is 4. The SMILES string of the molecule is O=C(Nc1nc2c(s1)CN(Cc1ccccc1)CC2)C1COCCN1. The zero-order valence-corrected chi connectivity index (χ0v) is 14.8. The molecule has 1 aromatic carbocycles. The van der Waals surface area contributed by atoms with E-state index in [9.17, 15) is 4.79 Å². The van der Waals surface area contributed by atoms with Gasteiger partial charge < -0.3 is 15.4 Å². The second-order valence-corrected chi connectivity index (χ2v) is 7.49. The molecular weight excluding hydrogens is 336 g/mol. The van der Waals surface area contributed by atoms with Gasteiger partial charge in [-0.2, -0.15) is 0 Å². The van der Waals surface area contributed by atoms with Crippen LogP contribution in [-0.4, -0.2) is 48.1 Å². The van der Waals surface area contributed by atoms with Gasteiger partial charge in [-0.05, 0) is 5.56 Å². The van der Waals surface area contributed by atoms with Gasteiger partial charge in [0, 0.05) is 37.5 Å². The highest BCUT2D eigenvalue weighted by atomic mass is 32.1. The van der Waals surface area contributed by atoms with Crippen molar-refractivity contribution in [3.05, 3.63) is 46.5 Å². The van der Waals surface area contributed by atoms with Crippen LogP contribution in [0.4, 0.5) is 5.13 Å². The molecule has 1 unspecified atom stereocenters. The summed E-state index contributed by atoms with van der Waals surface area (Å²) in [5, 5.41) is 6.81. The van der Waals surface area contributed by atoms with Gasteiger partial charge in [-0.25, -0.2) is 4.98 Å². The Morgan fingerprint density at radius 1 is 1.40 bits per heavy atom. The predicted molar refractivity (Wildman–Crippen MR) is 97.6 cm³/mol. The number of benzene rings is 1. The smallest absolute Gasteiger partial charge is 0.245 e. The number of fused-ring (bicyclic) bond motifs is 1. The van der Waals surface area contributed by atoms with Crippen LogP contribution in [0.5, 0.6) is 0 Å². The molecule has 132 valence electrons. The maximum absolute atomic E-state index is 12.3. The monoisotopic (exact) mass is 358 g/mol. The van der Waals surface area contributed by atoms with Crippen LogP contribution in [0.2, 0.25) is 0 Å². The number of carbonyl (C=O) groups is 1. The first kappa shape index (κ1) is 16.7. The third-order valence-corrected chi connectivity index (χ3v) is 5.53. The molecule has 1 amide bonds. The number of anilines is 1. The van der Waals surface area contributed by atoms with Gasteiger partial charge in [-0.15, -0.1) is 11.3 Å². The Hall–Kier alpha value is -1.80. The average Bonchev–Trinajstić information content (AvgIpc) is 3.05. The average molecular weight is 358 g/mol. The summed E-state index contributed by atoms with van der Waals surface area (Å²) in [5.41, 5.74) is 2.45. The van der Waals surface area contributed by atoms with Crippen LogP contribution in [0.15, 0.2) is 30.3 Å². The standard InChI is InChI=1S/C18H22N4O2S/c23-17(15-12-24-9-7-19-15)21-18-20-14-6-8-22(11-16(14)25-18)10-13-4-2-1-3-5-13/h1-5,15,19H,6-12H2,(H,20,21,23). The molecular formula is C18H22N4O2S. The van der Waals surface area contributed by atoms with Crippen LogP contribution in [0.3, 0.4) is 0 Å². The van der Waals surface area contributed by atoms with Crippen molar-refractivity contribution in [1.82, 2.24) is 15.2 Å². The van der Waals surface area contributed by atoms with E-state index in [1.54, 1.807) is 11.3 Å². The lowest BCUT2D eigenvalue weighted by Gasteiger charge is -2.25. The van der Waals surface area contributed by atoms with Crippen LogP contribution in [0.1, 0.15) is 16.1 Å². The first-order chi connectivity index (χ1) is 12.3. The zero-order chi connectivity index (χ0) is 17.1. The highest BCUT2D eigenvalue weighted by Crippen LogP contribution is 2.29. The summed E-state index contributed by atoms with van der Waals surface area (Å²) in [5.74, 6) is -0.0630. The first-order valence-corrected chi connectivity index (χ1v) is 9.46. The summed E-state index contributed by atoms with van der Waals surface area (Å²) in [6, 6.07) is 10.2. The van der Waals surface area contributed by atoms with E-state index in [4.69, 9.17) is 4.74 Å². The van der Waals surface area contributed by atoms with Crippen molar-refractivity contribution in [3.8, 4) is 0 Å². The van der Waals surface area contributed by atoms with Gasteiger partial charge in [0.2, 0.25) is 5.91 Å². The van der Waals surface area contributed by atoms with E-state index in [0.29, 0.717) is 24.9 Å². The quantitative estimate of drug-likeness (QED) is 0.870. The molecule has 0 bridgehead atoms. The molecule has 3 heterocycles. The highest BCUT2D eigenvalue weighted by Gasteiger charge is 2.25. The summed E-state index contributed by atoms with van der Waals surface area (Å²) < 4.78 is 5.35. The third kappa shape index (κ3) is 4.07. The molecule has 25 heavy (non-hydrogen) atoms. The van der Waals surface area contributed by atoms with Crippen molar-refractivity contribution in [2.24, 2.45) is 0 Å². The van der Waals surface area contributed by atoms with Crippen LogP contribution >= 0.6 is 11.3 Å². The van der Waals surface area contributed by atoms with Crippen molar-refractivity contribution >= 4 is 22.4 Å². The van der Waals surface area contributed by atoms with Gasteiger partial charge >= 0.3 is 0 Å². The van der Waals surface area contributed by atoms with Crippen LogP contribution in [0, 0.1) is 0 Å². The second kappa shape index (κ2) is 7.61. The molecule has 0 spiro atoms. The van der Waals surface area contributed by atoms with E-state index in [1.807, 2.05) is 6.07 Å². The largest absolute Gasteiger partial charge is 0.378 e. The lowest BCUT2D eigenvalue weighted by atomic mass is 10.1. The number of hydrogen-bond donors (Lipinski definition) is 2. The van der Waals surface area contributed by atoms with E-state index < -0.39 is 0 Å². The summed E-state index contributed by atoms with van der Waals surface area (Å²) in [6.45, 7) is 4.62. The molecule has 7 heteroatoms. The van der Waals surface area contributed by atoms with E-state index in [2.05, 4.69) is 44.8 Å². The van der Waals surface area contributed by atoms with E-state index >= 15 is 0 Å². The van der Waals surface area contributed by atoms with Crippen molar-refractivity contribution in [2.75, 3.05) is 31.6 Å². The minimum atomic E-state index is -0.288. The van der Waals surface area contributed by atoms with E-state index in [1.165, 1.54) is 10.4 Å². The molecule has 4 rings (SSSR count). The van der Waals surface area contributed by atoms with Gasteiger partial charge in [0.15, 0.2) is 5.13 Å². The topological polar surface area (TPSA) is 66.5 Å². The molecule has 2 aromatic rings. The molecule has 2 N–H and O–H groups in total. The van der Waals surface area contributed by atoms with Crippen molar-refractivity contribution in [1.29, 1.82) is 0 Å². The molecule has 2 aliphatic heterocycles. The number of nitrogens with zero attached hydrogens (tertiary/aromatic N) is 2. The van der Waals surface area contributed by atoms with Crippen LogP contribution in [-0.2, 0) is 29.0 Å². The molecule has 0 aliphatic carbocycles. The van der Waals surface area contributed by atoms with Gasteiger partial charge in [-0.1, -0.05) is 30.3 Å². The van der Waals surface area contributed by atoms with Crippen molar-refractivity contribution in [2.45, 2.75) is 25.6 Å². The minimum absolute atomic E-state index is 0.0630. The fourth-order valence-electron chi connectivity index (χ4n) is 3.20. The molecule has 6 nitrogen and oxygen atoms in total. The molecule has 1 fully saturated rings. The van der Waals surface area contributed by atoms with Gasteiger partial charge in [0.05, 0.1) is 18.9 Å². The second-order valence-electron chi connectivity index (χ2n) is 6.41. The molecule has 0 saturated carbocycles. The summed E-state index contributed by atoms with van der Waals surface area (Å²) in [4.78, 5) is 20.6. The Morgan fingerprint density at radius 3 is 3.08 bits per heavy atom. The number of aromatic nitrogens is 1. The fourth-order valence-corrected chi connectivity index (χ4v) is 4.26. The van der Waals surface area contributed by atoms with Crippen molar-refractivity contribution < 1.29 is 9.53 Å². The Bertz CT molecular complexity index is 728. The van der Waals surface area contributed by atoms with Crippen LogP contribution < -0.4 is 10.6 Å². The first-order valence-electron chi connectivity index (χ1n) is 8.65. The lowest BCUT2D eigenvalue weighted by molar-refractivity contribution is -0.120. The highest BCUT2D eigenvalue weighted by molar-refractivity contribution is 7.15. The third-order valence-electron chi connectivity index (χ3n) is 4.53. The number of morpholine rings is 1. The Morgan fingerprint density at radius 2 is 2.28 bits per heavy atom. The lowest BCUT2D eigenvalue weighted by Crippen LogP contribution is -2.48. The molecule has 1 saturated heterocycles. The molecule has 1 atom stereocenters. The normalized spacial score (nSPS) is 20.9. The number of hydrogen-bond acceptors (Lipinski definition) is 6. The summed E-state index contributed by atoms with van der Waals surface area (Å²) in [7, 11) is 0. The Balaban J connectivity index is 1.38. The van der Waals surface area contributed by atoms with Gasteiger partial charge in [0.25, 0.3) is 0 Å². The number of nitrogens with one attached hydrogen (secondary N) is 2. The number of ether oxygens (including phenoxy) is 1. The Kier molecular flexibility index (Phi) is 5.07. The van der Waals surface area contributed by atoms with Gasteiger partial charge in [0.1, 0.15) is 6.04 Å². The van der Waals surface area contributed by atoms with Crippen molar-refractivity contribution in [3.63, 3.8) is 0 Å². The molecule has 1 aromatic heterocycles. The molecule has 2 aliphatic rings. The number of thiazole rings is 1. The zero-order valence-electron chi connectivity index (χ0n) is 14.0. The maximum Gasteiger partial charge on any atom is 0.245 e. The molecule has 0 radical (unpaired) electrons. The van der Waals surface area contributed by atoms with Gasteiger partial charge in [-0.3, -0.25) is 9.69 Å². The van der Waals surface area contributed by atoms with Crippen LogP contribution in [0.25, 0.3) is 0 Å². The maximum atomic E-state index is 12.3. The summed E-state index contributed by atoms with van der Waals surface area (Å²) >= 11 is 1.59. The predicted octanol–water partition coefficient (Wildman–Crippen LogP) is 1.63. The van der Waals surface area contributed by atoms with E-state index in [-0.39, 0.29) is 11.9 Å². The Labute approximate surface area is 151 Å². The number of amides is 1. The fraction of sp³-hybridized carbons (Fsp3) is 0.444. The summed E-state index contributed by atoms with van der Waals surface area (Å²) in [6.07, 6.45) is 0.930. The minimum Gasteiger partial charge on any atom is -0.378 e. The van der Waals surface area contributed by atoms with E-state index in [0.717, 1.165) is 31.7 Å². The number of carbonyl (C=O) groups excluding carboxylic acids is 1.